The second-order valence-electron chi connectivity index (χ2n) is 8.45. The van der Waals surface area contributed by atoms with E-state index in [1.807, 2.05) is 19.0 Å². The molecule has 0 saturated heterocycles. The van der Waals surface area contributed by atoms with E-state index in [0.717, 1.165) is 23.5 Å². The van der Waals surface area contributed by atoms with Gasteiger partial charge >= 0.3 is 0 Å². The number of methoxy groups -OCH3 is 1. The van der Waals surface area contributed by atoms with Crippen molar-refractivity contribution in [3.8, 4) is 27.0 Å². The van der Waals surface area contributed by atoms with Crippen LogP contribution in [0.25, 0.3) is 21.3 Å². The van der Waals surface area contributed by atoms with Gasteiger partial charge < -0.3 is 19.9 Å². The van der Waals surface area contributed by atoms with E-state index in [2.05, 4.69) is 25.5 Å². The van der Waals surface area contributed by atoms with Crippen molar-refractivity contribution in [3.05, 3.63) is 64.3 Å². The molecule has 198 valence electrons. The van der Waals surface area contributed by atoms with Gasteiger partial charge in [0.05, 0.1) is 17.7 Å². The van der Waals surface area contributed by atoms with E-state index in [-0.39, 0.29) is 11.6 Å². The zero-order valence-electron chi connectivity index (χ0n) is 21.0. The summed E-state index contributed by atoms with van der Waals surface area (Å²) in [4.78, 5) is 23.8. The third-order valence-electron chi connectivity index (χ3n) is 5.50. The first-order valence-electron chi connectivity index (χ1n) is 11.3. The second kappa shape index (κ2) is 11.4. The standard InChI is InChI=1S/C24H24F2N8O3S/c1-32(2)9-10-33(3)19-13-21(37-4)18(12-20(19)34(35)36)29-24-27-8-7-17(28-24)23-31-30-22(38-23)14-5-6-15(25)16(26)11-14/h5-8,11-13H,9-10H2,1-4H3,(H,27,28,29). The SMILES string of the molecule is COc1cc(N(C)CCN(C)C)c([N+](=O)[O-])cc1Nc1nccc(-c2nnc(-c3ccc(F)c(F)c3)s2)n1. The van der Waals surface area contributed by atoms with Crippen LogP contribution in [0.3, 0.4) is 0 Å². The summed E-state index contributed by atoms with van der Waals surface area (Å²) in [6.07, 6.45) is 1.49. The summed E-state index contributed by atoms with van der Waals surface area (Å²) >= 11 is 1.14. The number of nitro benzene ring substituents is 1. The minimum Gasteiger partial charge on any atom is -0.494 e. The molecule has 4 aromatic rings. The Labute approximate surface area is 220 Å². The molecule has 2 heterocycles. The Hall–Kier alpha value is -4.30. The lowest BCUT2D eigenvalue weighted by molar-refractivity contribution is -0.384. The molecule has 11 nitrogen and oxygen atoms in total. The lowest BCUT2D eigenvalue weighted by atomic mass is 10.2. The molecule has 0 radical (unpaired) electrons. The Morgan fingerprint density at radius 3 is 2.50 bits per heavy atom. The first-order chi connectivity index (χ1) is 18.2. The maximum atomic E-state index is 13.6. The molecule has 0 spiro atoms. The van der Waals surface area contributed by atoms with Crippen LogP contribution < -0.4 is 15.0 Å². The molecule has 0 bridgehead atoms. The van der Waals surface area contributed by atoms with Gasteiger partial charge in [0.2, 0.25) is 5.95 Å². The fraction of sp³-hybridized carbons (Fsp3) is 0.250. The molecule has 14 heteroatoms. The predicted octanol–water partition coefficient (Wildman–Crippen LogP) is 4.60. The average molecular weight is 543 g/mol. The summed E-state index contributed by atoms with van der Waals surface area (Å²) in [7, 11) is 7.10. The van der Waals surface area contributed by atoms with Crippen LogP contribution in [0.2, 0.25) is 0 Å². The number of hydrogen-bond donors (Lipinski definition) is 1. The van der Waals surface area contributed by atoms with Crippen molar-refractivity contribution in [3.63, 3.8) is 0 Å². The fourth-order valence-electron chi connectivity index (χ4n) is 3.48. The van der Waals surface area contributed by atoms with Crippen LogP contribution in [0.15, 0.2) is 42.6 Å². The number of rotatable bonds is 10. The van der Waals surface area contributed by atoms with Crippen LogP contribution in [-0.4, -0.2) is 71.3 Å². The van der Waals surface area contributed by atoms with Crippen molar-refractivity contribution in [1.29, 1.82) is 0 Å². The molecule has 2 aromatic carbocycles. The van der Waals surface area contributed by atoms with Gasteiger partial charge in [0.15, 0.2) is 16.6 Å². The van der Waals surface area contributed by atoms with E-state index >= 15 is 0 Å². The molecule has 4 rings (SSSR count). The van der Waals surface area contributed by atoms with E-state index in [1.54, 1.807) is 24.1 Å². The third-order valence-corrected chi connectivity index (χ3v) is 6.49. The highest BCUT2D eigenvalue weighted by molar-refractivity contribution is 7.17. The predicted molar refractivity (Wildman–Crippen MR) is 141 cm³/mol. The van der Waals surface area contributed by atoms with Crippen LogP contribution in [0.4, 0.5) is 31.8 Å². The van der Waals surface area contributed by atoms with Gasteiger partial charge in [-0.1, -0.05) is 11.3 Å². The molecule has 0 amide bonds. The number of ether oxygens (including phenoxy) is 1. The van der Waals surface area contributed by atoms with E-state index < -0.39 is 16.6 Å². The quantitative estimate of drug-likeness (QED) is 0.225. The number of benzene rings is 2. The van der Waals surface area contributed by atoms with Crippen LogP contribution in [0.5, 0.6) is 5.75 Å². The van der Waals surface area contributed by atoms with Gasteiger partial charge in [0.1, 0.15) is 22.1 Å². The highest BCUT2D eigenvalue weighted by atomic mass is 32.1. The lowest BCUT2D eigenvalue weighted by Crippen LogP contribution is -2.28. The molecular formula is C24H24F2N8O3S. The molecule has 38 heavy (non-hydrogen) atoms. The second-order valence-corrected chi connectivity index (χ2v) is 9.43. The number of nitrogens with zero attached hydrogens (tertiary/aromatic N) is 7. The van der Waals surface area contributed by atoms with Gasteiger partial charge in [0.25, 0.3) is 5.69 Å². The smallest absolute Gasteiger partial charge is 0.294 e. The summed E-state index contributed by atoms with van der Waals surface area (Å²) in [6, 6.07) is 8.07. The number of nitro groups is 1. The van der Waals surface area contributed by atoms with E-state index in [1.165, 1.54) is 25.4 Å². The summed E-state index contributed by atoms with van der Waals surface area (Å²) in [5.74, 6) is -1.42. The van der Waals surface area contributed by atoms with E-state index in [0.29, 0.717) is 51.5 Å². The number of likely N-dealkylation sites (N-methyl/N-ethyl adjacent to an activating group) is 2. The Kier molecular flexibility index (Phi) is 8.02. The molecule has 0 saturated carbocycles. The largest absolute Gasteiger partial charge is 0.494 e. The van der Waals surface area contributed by atoms with Crippen LogP contribution in [0.1, 0.15) is 0 Å². The first kappa shape index (κ1) is 26.8. The van der Waals surface area contributed by atoms with Crippen molar-refractivity contribution < 1.29 is 18.4 Å². The summed E-state index contributed by atoms with van der Waals surface area (Å²) in [5, 5.41) is 23.8. The number of hydrogen-bond acceptors (Lipinski definition) is 11. The summed E-state index contributed by atoms with van der Waals surface area (Å²) in [6.45, 7) is 1.28. The van der Waals surface area contributed by atoms with E-state index in [4.69, 9.17) is 4.74 Å². The monoisotopic (exact) mass is 542 g/mol. The number of halogens is 2. The van der Waals surface area contributed by atoms with Gasteiger partial charge in [-0.3, -0.25) is 10.1 Å². The zero-order chi connectivity index (χ0) is 27.4. The Morgan fingerprint density at radius 1 is 1.05 bits per heavy atom. The van der Waals surface area contributed by atoms with Gasteiger partial charge in [-0.25, -0.2) is 18.7 Å². The minimum atomic E-state index is -0.981. The molecule has 0 aliphatic heterocycles. The fourth-order valence-corrected chi connectivity index (χ4v) is 4.29. The van der Waals surface area contributed by atoms with Crippen molar-refractivity contribution in [2.24, 2.45) is 0 Å². The van der Waals surface area contributed by atoms with Gasteiger partial charge in [-0.15, -0.1) is 10.2 Å². The van der Waals surface area contributed by atoms with Crippen molar-refractivity contribution in [2.75, 3.05) is 51.6 Å². The van der Waals surface area contributed by atoms with Crippen LogP contribution in [-0.2, 0) is 0 Å². The molecule has 0 unspecified atom stereocenters. The first-order valence-corrected chi connectivity index (χ1v) is 12.1. The molecule has 1 N–H and O–H groups in total. The lowest BCUT2D eigenvalue weighted by Gasteiger charge is -2.22. The van der Waals surface area contributed by atoms with Crippen LogP contribution in [0, 0.1) is 21.7 Å². The maximum Gasteiger partial charge on any atom is 0.294 e. The molecule has 0 aliphatic carbocycles. The Bertz CT molecular complexity index is 1470. The Morgan fingerprint density at radius 2 is 1.82 bits per heavy atom. The van der Waals surface area contributed by atoms with Crippen molar-refractivity contribution in [1.82, 2.24) is 25.1 Å². The molecule has 2 aromatic heterocycles. The molecule has 0 fully saturated rings. The third kappa shape index (κ3) is 5.98. The van der Waals surface area contributed by atoms with Gasteiger partial charge in [0, 0.05) is 44.0 Å². The van der Waals surface area contributed by atoms with Gasteiger partial charge in [-0.05, 0) is 38.4 Å². The van der Waals surface area contributed by atoms with E-state index in [9.17, 15) is 18.9 Å². The number of nitrogens with one attached hydrogen (secondary N) is 1. The Balaban J connectivity index is 1.62. The maximum absolute atomic E-state index is 13.6. The topological polar surface area (TPSA) is 122 Å². The minimum absolute atomic E-state index is 0.106. The highest BCUT2D eigenvalue weighted by Crippen LogP contribution is 2.39. The number of aromatic nitrogens is 4. The summed E-state index contributed by atoms with van der Waals surface area (Å²) in [5.41, 5.74) is 1.41. The summed E-state index contributed by atoms with van der Waals surface area (Å²) < 4.78 is 32.4. The van der Waals surface area contributed by atoms with Crippen LogP contribution >= 0.6 is 11.3 Å². The normalized spacial score (nSPS) is 11.0. The molecular weight excluding hydrogens is 518 g/mol. The molecule has 0 aliphatic rings. The van der Waals surface area contributed by atoms with Gasteiger partial charge in [-0.2, -0.15) is 0 Å². The number of anilines is 3. The zero-order valence-corrected chi connectivity index (χ0v) is 21.8. The molecule has 0 atom stereocenters. The highest BCUT2D eigenvalue weighted by Gasteiger charge is 2.22. The van der Waals surface area contributed by atoms with Crippen molar-refractivity contribution in [2.45, 2.75) is 0 Å². The van der Waals surface area contributed by atoms with Crippen molar-refractivity contribution >= 4 is 34.3 Å². The average Bonchev–Trinajstić information content (AvgIpc) is 3.39.